The molecule has 1 aromatic rings. The maximum absolute atomic E-state index is 12.3. The molecular formula is C14H24F3N3S. The molecule has 7 heteroatoms. The third-order valence-corrected chi connectivity index (χ3v) is 4.19. The Kier molecular flexibility index (Phi) is 6.93. The number of alkyl halides is 3. The molecule has 1 heterocycles. The number of nitrogens with one attached hydrogen (secondary N) is 1. The number of anilines is 1. The maximum Gasteiger partial charge on any atom is 0.390 e. The highest BCUT2D eigenvalue weighted by Gasteiger charge is 2.27. The Morgan fingerprint density at radius 1 is 1.33 bits per heavy atom. The van der Waals surface area contributed by atoms with E-state index in [2.05, 4.69) is 31.1 Å². The summed E-state index contributed by atoms with van der Waals surface area (Å²) in [7, 11) is 1.67. The number of nitrogens with zero attached hydrogens (tertiary/aromatic N) is 2. The number of hydrogen-bond acceptors (Lipinski definition) is 4. The summed E-state index contributed by atoms with van der Waals surface area (Å²) in [6, 6.07) is 0.369. The van der Waals surface area contributed by atoms with E-state index in [-0.39, 0.29) is 6.54 Å². The first-order valence-corrected chi connectivity index (χ1v) is 8.04. The molecule has 0 fully saturated rings. The SMILES string of the molecule is CCCc1nc(N(C)CCC(F)(F)F)sc1CNC(C)C. The Labute approximate surface area is 128 Å². The van der Waals surface area contributed by atoms with Gasteiger partial charge in [0.2, 0.25) is 0 Å². The molecule has 0 saturated carbocycles. The topological polar surface area (TPSA) is 28.2 Å². The monoisotopic (exact) mass is 323 g/mol. The number of hydrogen-bond donors (Lipinski definition) is 1. The average Bonchev–Trinajstić information content (AvgIpc) is 2.76. The summed E-state index contributed by atoms with van der Waals surface area (Å²) >= 11 is 1.49. The minimum Gasteiger partial charge on any atom is -0.351 e. The standard InChI is InChI=1S/C14H24F3N3S/c1-5-6-11-12(9-18-10(2)3)21-13(19-11)20(4)8-7-14(15,16)17/h10,18H,5-9H2,1-4H3. The number of thiazole rings is 1. The second-order valence-corrected chi connectivity index (χ2v) is 6.50. The molecule has 0 atom stereocenters. The Hall–Kier alpha value is -0.820. The summed E-state index contributed by atoms with van der Waals surface area (Å²) in [6.45, 7) is 6.87. The zero-order valence-corrected chi connectivity index (χ0v) is 13.9. The molecular weight excluding hydrogens is 299 g/mol. The first kappa shape index (κ1) is 18.2. The molecule has 0 saturated heterocycles. The summed E-state index contributed by atoms with van der Waals surface area (Å²) in [6.07, 6.45) is -3.10. The van der Waals surface area contributed by atoms with Gasteiger partial charge in [-0.15, -0.1) is 11.3 Å². The van der Waals surface area contributed by atoms with Crippen molar-refractivity contribution in [2.75, 3.05) is 18.5 Å². The lowest BCUT2D eigenvalue weighted by atomic mass is 10.2. The molecule has 0 radical (unpaired) electrons. The van der Waals surface area contributed by atoms with Gasteiger partial charge in [0.25, 0.3) is 0 Å². The average molecular weight is 323 g/mol. The zero-order valence-electron chi connectivity index (χ0n) is 13.0. The van der Waals surface area contributed by atoms with Crippen molar-refractivity contribution in [1.29, 1.82) is 0 Å². The number of rotatable bonds is 8. The summed E-state index contributed by atoms with van der Waals surface area (Å²) in [5.41, 5.74) is 1.00. The first-order chi connectivity index (χ1) is 9.73. The van der Waals surface area contributed by atoms with Crippen LogP contribution in [-0.2, 0) is 13.0 Å². The third kappa shape index (κ3) is 6.65. The van der Waals surface area contributed by atoms with Crippen molar-refractivity contribution >= 4 is 16.5 Å². The van der Waals surface area contributed by atoms with Gasteiger partial charge in [-0.1, -0.05) is 27.2 Å². The fourth-order valence-electron chi connectivity index (χ4n) is 1.79. The van der Waals surface area contributed by atoms with Crippen molar-refractivity contribution in [3.63, 3.8) is 0 Å². The lowest BCUT2D eigenvalue weighted by Crippen LogP contribution is -2.23. The van der Waals surface area contributed by atoms with E-state index in [1.807, 2.05) is 0 Å². The van der Waals surface area contributed by atoms with Crippen molar-refractivity contribution in [3.05, 3.63) is 10.6 Å². The van der Waals surface area contributed by atoms with Crippen LogP contribution in [0.4, 0.5) is 18.3 Å². The van der Waals surface area contributed by atoms with Crippen LogP contribution in [0.25, 0.3) is 0 Å². The summed E-state index contributed by atoms with van der Waals surface area (Å²) in [5.74, 6) is 0. The van der Waals surface area contributed by atoms with Gasteiger partial charge in [-0.3, -0.25) is 0 Å². The van der Waals surface area contributed by atoms with Crippen LogP contribution in [0.5, 0.6) is 0 Å². The maximum atomic E-state index is 12.3. The molecule has 0 aliphatic heterocycles. The fraction of sp³-hybridized carbons (Fsp3) is 0.786. The molecule has 1 aromatic heterocycles. The van der Waals surface area contributed by atoms with Gasteiger partial charge in [-0.2, -0.15) is 13.2 Å². The van der Waals surface area contributed by atoms with Gasteiger partial charge in [0.1, 0.15) is 0 Å². The molecule has 21 heavy (non-hydrogen) atoms. The number of halogens is 3. The van der Waals surface area contributed by atoms with Crippen LogP contribution in [-0.4, -0.2) is 30.8 Å². The molecule has 3 nitrogen and oxygen atoms in total. The number of aryl methyl sites for hydroxylation is 1. The molecule has 0 aromatic carbocycles. The minimum atomic E-state index is -4.13. The van der Waals surface area contributed by atoms with E-state index in [0.717, 1.165) is 30.0 Å². The smallest absolute Gasteiger partial charge is 0.351 e. The fourth-order valence-corrected chi connectivity index (χ4v) is 2.83. The van der Waals surface area contributed by atoms with E-state index in [1.165, 1.54) is 11.3 Å². The molecule has 0 amide bonds. The van der Waals surface area contributed by atoms with E-state index in [1.54, 1.807) is 11.9 Å². The highest BCUT2D eigenvalue weighted by Crippen LogP contribution is 2.28. The van der Waals surface area contributed by atoms with Crippen LogP contribution in [0.2, 0.25) is 0 Å². The van der Waals surface area contributed by atoms with Crippen LogP contribution >= 0.6 is 11.3 Å². The predicted molar refractivity (Wildman–Crippen MR) is 82.0 cm³/mol. The van der Waals surface area contributed by atoms with E-state index in [0.29, 0.717) is 11.2 Å². The second-order valence-electron chi connectivity index (χ2n) is 5.44. The lowest BCUT2D eigenvalue weighted by molar-refractivity contribution is -0.132. The van der Waals surface area contributed by atoms with E-state index in [4.69, 9.17) is 0 Å². The molecule has 0 spiro atoms. The summed E-state index contributed by atoms with van der Waals surface area (Å²) in [5, 5.41) is 4.01. The van der Waals surface area contributed by atoms with Crippen molar-refractivity contribution in [1.82, 2.24) is 10.3 Å². The lowest BCUT2D eigenvalue weighted by Gasteiger charge is -2.16. The molecule has 1 rings (SSSR count). The van der Waals surface area contributed by atoms with Crippen molar-refractivity contribution < 1.29 is 13.2 Å². The molecule has 0 unspecified atom stereocenters. The van der Waals surface area contributed by atoms with Crippen molar-refractivity contribution in [2.24, 2.45) is 0 Å². The minimum absolute atomic E-state index is 0.0559. The third-order valence-electron chi connectivity index (χ3n) is 2.98. The summed E-state index contributed by atoms with van der Waals surface area (Å²) < 4.78 is 36.9. The van der Waals surface area contributed by atoms with Gasteiger partial charge in [0.05, 0.1) is 12.1 Å². The van der Waals surface area contributed by atoms with Gasteiger partial charge in [-0.05, 0) is 6.42 Å². The highest BCUT2D eigenvalue weighted by molar-refractivity contribution is 7.15. The van der Waals surface area contributed by atoms with Gasteiger partial charge in [-0.25, -0.2) is 4.98 Å². The highest BCUT2D eigenvalue weighted by atomic mass is 32.1. The van der Waals surface area contributed by atoms with E-state index in [9.17, 15) is 13.2 Å². The second kappa shape index (κ2) is 7.98. The number of aromatic nitrogens is 1. The van der Waals surface area contributed by atoms with Crippen LogP contribution in [0.15, 0.2) is 0 Å². The first-order valence-electron chi connectivity index (χ1n) is 7.22. The Morgan fingerprint density at radius 2 is 2.00 bits per heavy atom. The van der Waals surface area contributed by atoms with Crippen LogP contribution in [0.3, 0.4) is 0 Å². The van der Waals surface area contributed by atoms with Crippen molar-refractivity contribution in [2.45, 2.75) is 58.8 Å². The zero-order chi connectivity index (χ0) is 16.0. The Morgan fingerprint density at radius 3 is 2.52 bits per heavy atom. The van der Waals surface area contributed by atoms with Crippen LogP contribution in [0, 0.1) is 0 Å². The molecule has 0 bridgehead atoms. The quantitative estimate of drug-likeness (QED) is 0.784. The molecule has 0 aliphatic rings. The summed E-state index contributed by atoms with van der Waals surface area (Å²) in [4.78, 5) is 7.23. The Balaban J connectivity index is 2.75. The molecule has 0 aliphatic carbocycles. The Bertz CT molecular complexity index is 430. The van der Waals surface area contributed by atoms with Crippen molar-refractivity contribution in [3.8, 4) is 0 Å². The normalized spacial score (nSPS) is 12.2. The molecule has 1 N–H and O–H groups in total. The van der Waals surface area contributed by atoms with Gasteiger partial charge < -0.3 is 10.2 Å². The van der Waals surface area contributed by atoms with E-state index >= 15 is 0 Å². The van der Waals surface area contributed by atoms with Crippen LogP contribution < -0.4 is 10.2 Å². The largest absolute Gasteiger partial charge is 0.390 e. The van der Waals surface area contributed by atoms with Gasteiger partial charge in [0, 0.05) is 31.1 Å². The van der Waals surface area contributed by atoms with Gasteiger partial charge >= 0.3 is 6.18 Å². The van der Waals surface area contributed by atoms with Gasteiger partial charge in [0.15, 0.2) is 5.13 Å². The molecule has 122 valence electrons. The predicted octanol–water partition coefficient (Wildman–Crippen LogP) is 3.98. The van der Waals surface area contributed by atoms with E-state index < -0.39 is 12.6 Å². The van der Waals surface area contributed by atoms with Crippen LogP contribution in [0.1, 0.15) is 44.2 Å².